The van der Waals surface area contributed by atoms with E-state index in [1.807, 2.05) is 4.90 Å². The van der Waals surface area contributed by atoms with Gasteiger partial charge in [0.2, 0.25) is 0 Å². The van der Waals surface area contributed by atoms with E-state index in [-0.39, 0.29) is 12.5 Å². The van der Waals surface area contributed by atoms with Gasteiger partial charge < -0.3 is 15.4 Å². The number of primary amides is 1. The number of hydrogen-bond acceptors (Lipinski definition) is 3. The van der Waals surface area contributed by atoms with E-state index in [9.17, 15) is 9.59 Å². The Hall–Kier alpha value is -2.04. The molecule has 1 aromatic carbocycles. The summed E-state index contributed by atoms with van der Waals surface area (Å²) in [5.41, 5.74) is 5.53. The molecule has 5 heteroatoms. The molecule has 0 unspecified atom stereocenters. The fraction of sp³-hybridized carbons (Fsp3) is 0.429. The zero-order valence-corrected chi connectivity index (χ0v) is 11.0. The summed E-state index contributed by atoms with van der Waals surface area (Å²) in [6.07, 6.45) is 1.02. The van der Waals surface area contributed by atoms with Crippen LogP contribution in [0, 0.1) is 5.92 Å². The summed E-state index contributed by atoms with van der Waals surface area (Å²) in [5, 5.41) is 0. The number of benzene rings is 1. The Morgan fingerprint density at radius 3 is 2.79 bits per heavy atom. The highest BCUT2D eigenvalue weighted by Crippen LogP contribution is 2.23. The van der Waals surface area contributed by atoms with Crippen LogP contribution in [0.25, 0.3) is 0 Å². The highest BCUT2D eigenvalue weighted by Gasteiger charge is 2.26. The highest BCUT2D eigenvalue weighted by molar-refractivity contribution is 5.97. The fourth-order valence-corrected chi connectivity index (χ4v) is 2.21. The molecule has 0 aromatic heterocycles. The van der Waals surface area contributed by atoms with E-state index in [0.717, 1.165) is 19.5 Å². The van der Waals surface area contributed by atoms with Crippen LogP contribution >= 0.6 is 0 Å². The van der Waals surface area contributed by atoms with Crippen molar-refractivity contribution in [2.45, 2.75) is 13.3 Å². The molecule has 1 atom stereocenters. The first-order valence-electron chi connectivity index (χ1n) is 6.37. The third-order valence-corrected chi connectivity index (χ3v) is 3.20. The number of carbonyl (C=O) groups excluding carboxylic acids is 2. The van der Waals surface area contributed by atoms with Gasteiger partial charge in [-0.25, -0.2) is 0 Å². The largest absolute Gasteiger partial charge is 0.483 e. The predicted molar refractivity (Wildman–Crippen MR) is 70.8 cm³/mol. The van der Waals surface area contributed by atoms with Gasteiger partial charge in [-0.05, 0) is 24.5 Å². The van der Waals surface area contributed by atoms with Gasteiger partial charge in [0.15, 0.2) is 6.61 Å². The minimum atomic E-state index is -0.558. The van der Waals surface area contributed by atoms with E-state index < -0.39 is 5.91 Å². The van der Waals surface area contributed by atoms with Crippen molar-refractivity contribution in [3.8, 4) is 5.75 Å². The maximum absolute atomic E-state index is 12.4. The van der Waals surface area contributed by atoms with E-state index in [1.165, 1.54) is 0 Å². The monoisotopic (exact) mass is 262 g/mol. The molecular weight excluding hydrogens is 244 g/mol. The zero-order chi connectivity index (χ0) is 13.8. The number of likely N-dealkylation sites (tertiary alicyclic amines) is 1. The summed E-state index contributed by atoms with van der Waals surface area (Å²) < 4.78 is 5.28. The molecular formula is C14H18N2O3. The lowest BCUT2D eigenvalue weighted by Gasteiger charge is -2.18. The first-order valence-corrected chi connectivity index (χ1v) is 6.37. The molecule has 1 saturated heterocycles. The Kier molecular flexibility index (Phi) is 4.04. The second-order valence-electron chi connectivity index (χ2n) is 4.90. The number of nitrogens with two attached hydrogens (primary N) is 1. The Balaban J connectivity index is 2.14. The van der Waals surface area contributed by atoms with Gasteiger partial charge >= 0.3 is 0 Å². The molecule has 0 radical (unpaired) electrons. The number of para-hydroxylation sites is 1. The first kappa shape index (κ1) is 13.4. The van der Waals surface area contributed by atoms with Crippen LogP contribution < -0.4 is 10.5 Å². The van der Waals surface area contributed by atoms with Crippen molar-refractivity contribution in [3.05, 3.63) is 29.8 Å². The molecule has 0 bridgehead atoms. The number of hydrogen-bond donors (Lipinski definition) is 1. The number of rotatable bonds is 4. The lowest BCUT2D eigenvalue weighted by Crippen LogP contribution is -2.29. The van der Waals surface area contributed by atoms with Crippen LogP contribution in [0.15, 0.2) is 24.3 Å². The van der Waals surface area contributed by atoms with Crippen LogP contribution in [0.1, 0.15) is 23.7 Å². The van der Waals surface area contributed by atoms with E-state index in [4.69, 9.17) is 10.5 Å². The summed E-state index contributed by atoms with van der Waals surface area (Å²) in [7, 11) is 0. The van der Waals surface area contributed by atoms with Crippen molar-refractivity contribution in [1.82, 2.24) is 4.90 Å². The van der Waals surface area contributed by atoms with Crippen LogP contribution in [-0.4, -0.2) is 36.4 Å². The van der Waals surface area contributed by atoms with E-state index in [2.05, 4.69) is 6.92 Å². The second-order valence-corrected chi connectivity index (χ2v) is 4.90. The minimum Gasteiger partial charge on any atom is -0.483 e. The summed E-state index contributed by atoms with van der Waals surface area (Å²) in [6.45, 7) is 3.44. The predicted octanol–water partition coefficient (Wildman–Crippen LogP) is 1.03. The van der Waals surface area contributed by atoms with Gasteiger partial charge in [-0.1, -0.05) is 19.1 Å². The third kappa shape index (κ3) is 3.24. The van der Waals surface area contributed by atoms with Crippen LogP contribution in [0.5, 0.6) is 5.75 Å². The van der Waals surface area contributed by atoms with Crippen molar-refractivity contribution in [2.24, 2.45) is 11.7 Å². The molecule has 19 heavy (non-hydrogen) atoms. The van der Waals surface area contributed by atoms with Crippen LogP contribution in [0.3, 0.4) is 0 Å². The molecule has 0 spiro atoms. The van der Waals surface area contributed by atoms with Gasteiger partial charge in [0.1, 0.15) is 5.75 Å². The topological polar surface area (TPSA) is 72.6 Å². The standard InChI is InChI=1S/C14H18N2O3/c1-10-6-7-16(8-10)14(18)11-4-2-3-5-12(11)19-9-13(15)17/h2-5,10H,6-9H2,1H3,(H2,15,17)/t10-/m1/s1. The Labute approximate surface area is 112 Å². The van der Waals surface area contributed by atoms with Crippen molar-refractivity contribution >= 4 is 11.8 Å². The Morgan fingerprint density at radius 1 is 1.42 bits per heavy atom. The number of carbonyl (C=O) groups is 2. The smallest absolute Gasteiger partial charge is 0.257 e. The van der Waals surface area contributed by atoms with Gasteiger partial charge in [-0.3, -0.25) is 9.59 Å². The summed E-state index contributed by atoms with van der Waals surface area (Å²) in [4.78, 5) is 25.0. The maximum Gasteiger partial charge on any atom is 0.257 e. The van der Waals surface area contributed by atoms with E-state index >= 15 is 0 Å². The first-order chi connectivity index (χ1) is 9.08. The average Bonchev–Trinajstić information content (AvgIpc) is 2.82. The normalized spacial score (nSPS) is 18.4. The van der Waals surface area contributed by atoms with Crippen molar-refractivity contribution in [1.29, 1.82) is 0 Å². The SMILES string of the molecule is C[C@@H]1CCN(C(=O)c2ccccc2OCC(N)=O)C1. The Bertz CT molecular complexity index is 487. The molecule has 1 aliphatic heterocycles. The quantitative estimate of drug-likeness (QED) is 0.881. The zero-order valence-electron chi connectivity index (χ0n) is 11.0. The van der Waals surface area contributed by atoms with Gasteiger partial charge in [0.05, 0.1) is 5.56 Å². The lowest BCUT2D eigenvalue weighted by atomic mass is 10.1. The summed E-state index contributed by atoms with van der Waals surface area (Å²) in [5.74, 6) is 0.329. The molecule has 1 aromatic rings. The Morgan fingerprint density at radius 2 is 2.16 bits per heavy atom. The molecule has 2 N–H and O–H groups in total. The molecule has 1 heterocycles. The van der Waals surface area contributed by atoms with E-state index in [0.29, 0.717) is 17.2 Å². The number of ether oxygens (including phenoxy) is 1. The maximum atomic E-state index is 12.4. The summed E-state index contributed by atoms with van der Waals surface area (Å²) in [6, 6.07) is 6.93. The van der Waals surface area contributed by atoms with Gasteiger partial charge in [-0.15, -0.1) is 0 Å². The van der Waals surface area contributed by atoms with Crippen molar-refractivity contribution < 1.29 is 14.3 Å². The molecule has 0 saturated carbocycles. The molecule has 0 aliphatic carbocycles. The van der Waals surface area contributed by atoms with Gasteiger partial charge in [0.25, 0.3) is 11.8 Å². The summed E-state index contributed by atoms with van der Waals surface area (Å²) >= 11 is 0. The molecule has 2 rings (SSSR count). The van der Waals surface area contributed by atoms with Gasteiger partial charge in [-0.2, -0.15) is 0 Å². The van der Waals surface area contributed by atoms with Crippen LogP contribution in [0.4, 0.5) is 0 Å². The second kappa shape index (κ2) is 5.73. The third-order valence-electron chi connectivity index (χ3n) is 3.20. The van der Waals surface area contributed by atoms with Crippen LogP contribution in [0.2, 0.25) is 0 Å². The lowest BCUT2D eigenvalue weighted by molar-refractivity contribution is -0.119. The molecule has 102 valence electrons. The van der Waals surface area contributed by atoms with Gasteiger partial charge in [0, 0.05) is 13.1 Å². The van der Waals surface area contributed by atoms with Crippen molar-refractivity contribution in [3.63, 3.8) is 0 Å². The minimum absolute atomic E-state index is 0.0515. The molecule has 2 amide bonds. The highest BCUT2D eigenvalue weighted by atomic mass is 16.5. The number of amides is 2. The number of nitrogens with zero attached hydrogens (tertiary/aromatic N) is 1. The van der Waals surface area contributed by atoms with E-state index in [1.54, 1.807) is 24.3 Å². The molecule has 5 nitrogen and oxygen atoms in total. The average molecular weight is 262 g/mol. The van der Waals surface area contributed by atoms with Crippen LogP contribution in [-0.2, 0) is 4.79 Å². The van der Waals surface area contributed by atoms with Crippen molar-refractivity contribution in [2.75, 3.05) is 19.7 Å². The molecule has 1 aliphatic rings. The molecule has 1 fully saturated rings. The fourth-order valence-electron chi connectivity index (χ4n) is 2.21.